The lowest BCUT2D eigenvalue weighted by molar-refractivity contribution is 0.295. The Bertz CT molecular complexity index is 479. The first-order valence-electron chi connectivity index (χ1n) is 8.16. The van der Waals surface area contributed by atoms with Gasteiger partial charge in [-0.15, -0.1) is 0 Å². The van der Waals surface area contributed by atoms with Gasteiger partial charge in [-0.1, -0.05) is 38.1 Å². The molecule has 0 bridgehead atoms. The van der Waals surface area contributed by atoms with Gasteiger partial charge in [-0.05, 0) is 24.2 Å². The fraction of sp³-hybridized carbons (Fsp3) is 0.588. The van der Waals surface area contributed by atoms with Gasteiger partial charge >= 0.3 is 0 Å². The van der Waals surface area contributed by atoms with E-state index in [0.717, 1.165) is 44.2 Å². The first-order valence-corrected chi connectivity index (χ1v) is 9.31. The molecule has 1 fully saturated rings. The fourth-order valence-corrected chi connectivity index (χ4v) is 3.52. The quantitative estimate of drug-likeness (QED) is 0.646. The standard InChI is InChI=1S/C17H28N4S/c1-3-20(4-2)14-16-8-6-5-7-15(16)13-19-17(18)21-9-11-22-12-10-21/h5-8H,3-4,9-14H2,1-2H3,(H2,18,19). The number of thioether (sulfide) groups is 1. The predicted molar refractivity (Wildman–Crippen MR) is 97.3 cm³/mol. The van der Waals surface area contributed by atoms with Gasteiger partial charge in [0.25, 0.3) is 0 Å². The average Bonchev–Trinajstić information content (AvgIpc) is 2.59. The summed E-state index contributed by atoms with van der Waals surface area (Å²) in [5, 5.41) is 0. The summed E-state index contributed by atoms with van der Waals surface area (Å²) in [4.78, 5) is 9.25. The van der Waals surface area contributed by atoms with Gasteiger partial charge in [-0.3, -0.25) is 4.90 Å². The van der Waals surface area contributed by atoms with Gasteiger partial charge < -0.3 is 10.6 Å². The van der Waals surface area contributed by atoms with E-state index in [4.69, 9.17) is 5.73 Å². The lowest BCUT2D eigenvalue weighted by Gasteiger charge is -2.27. The lowest BCUT2D eigenvalue weighted by atomic mass is 10.1. The molecule has 2 rings (SSSR count). The molecule has 0 amide bonds. The number of benzene rings is 1. The Morgan fingerprint density at radius 1 is 1.18 bits per heavy atom. The van der Waals surface area contributed by atoms with Gasteiger partial charge in [-0.2, -0.15) is 11.8 Å². The summed E-state index contributed by atoms with van der Waals surface area (Å²) in [5.74, 6) is 2.99. The van der Waals surface area contributed by atoms with Gasteiger partial charge in [0, 0.05) is 31.1 Å². The molecule has 1 aliphatic heterocycles. The minimum atomic E-state index is 0.674. The molecule has 1 saturated heterocycles. The van der Waals surface area contributed by atoms with Crippen molar-refractivity contribution in [1.29, 1.82) is 0 Å². The lowest BCUT2D eigenvalue weighted by Crippen LogP contribution is -2.42. The molecule has 0 aromatic heterocycles. The van der Waals surface area contributed by atoms with Gasteiger partial charge in [0.15, 0.2) is 5.96 Å². The highest BCUT2D eigenvalue weighted by Crippen LogP contribution is 2.14. The Morgan fingerprint density at radius 3 is 2.45 bits per heavy atom. The summed E-state index contributed by atoms with van der Waals surface area (Å²) in [7, 11) is 0. The minimum Gasteiger partial charge on any atom is -0.370 e. The molecule has 0 spiro atoms. The Labute approximate surface area is 138 Å². The molecule has 5 heteroatoms. The zero-order valence-electron chi connectivity index (χ0n) is 13.8. The van der Waals surface area contributed by atoms with Crippen LogP contribution in [0, 0.1) is 0 Å². The number of nitrogens with zero attached hydrogens (tertiary/aromatic N) is 3. The van der Waals surface area contributed by atoms with Crippen LogP contribution in [0.5, 0.6) is 0 Å². The largest absolute Gasteiger partial charge is 0.370 e. The highest BCUT2D eigenvalue weighted by Gasteiger charge is 2.12. The second-order valence-corrected chi connectivity index (χ2v) is 6.73. The number of hydrogen-bond acceptors (Lipinski definition) is 3. The molecule has 4 nitrogen and oxygen atoms in total. The molecular weight excluding hydrogens is 292 g/mol. The van der Waals surface area contributed by atoms with Crippen LogP contribution >= 0.6 is 11.8 Å². The van der Waals surface area contributed by atoms with Crippen molar-refractivity contribution in [2.45, 2.75) is 26.9 Å². The van der Waals surface area contributed by atoms with E-state index in [1.54, 1.807) is 0 Å². The van der Waals surface area contributed by atoms with Crippen LogP contribution in [0.2, 0.25) is 0 Å². The van der Waals surface area contributed by atoms with Crippen LogP contribution in [0.25, 0.3) is 0 Å². The molecule has 122 valence electrons. The molecule has 0 saturated carbocycles. The van der Waals surface area contributed by atoms with Gasteiger partial charge in [0.1, 0.15) is 0 Å². The van der Waals surface area contributed by atoms with E-state index in [1.807, 2.05) is 11.8 Å². The Kier molecular flexibility index (Phi) is 7.06. The molecular formula is C17H28N4S. The third-order valence-electron chi connectivity index (χ3n) is 4.15. The normalized spacial score (nSPS) is 16.3. The van der Waals surface area contributed by atoms with Gasteiger partial charge in [0.2, 0.25) is 0 Å². The third kappa shape index (κ3) is 4.92. The smallest absolute Gasteiger partial charge is 0.191 e. The molecule has 0 atom stereocenters. The number of nitrogens with two attached hydrogens (primary N) is 1. The maximum atomic E-state index is 6.16. The Hall–Kier alpha value is -1.20. The summed E-state index contributed by atoms with van der Waals surface area (Å²) >= 11 is 1.99. The summed E-state index contributed by atoms with van der Waals surface area (Å²) in [5.41, 5.74) is 8.80. The number of hydrogen-bond donors (Lipinski definition) is 1. The van der Waals surface area contributed by atoms with Crippen LogP contribution in [0.4, 0.5) is 0 Å². The van der Waals surface area contributed by atoms with Gasteiger partial charge in [0.05, 0.1) is 6.54 Å². The van der Waals surface area contributed by atoms with Crippen molar-refractivity contribution in [1.82, 2.24) is 9.80 Å². The highest BCUT2D eigenvalue weighted by atomic mass is 32.2. The van der Waals surface area contributed by atoms with E-state index in [1.165, 1.54) is 11.1 Å². The molecule has 1 heterocycles. The molecule has 0 radical (unpaired) electrons. The van der Waals surface area contributed by atoms with Crippen molar-refractivity contribution >= 4 is 17.7 Å². The molecule has 2 N–H and O–H groups in total. The number of aliphatic imine (C=N–C) groups is 1. The zero-order valence-corrected chi connectivity index (χ0v) is 14.6. The maximum absolute atomic E-state index is 6.16. The van der Waals surface area contributed by atoms with E-state index in [0.29, 0.717) is 12.5 Å². The first kappa shape index (κ1) is 17.2. The summed E-state index contributed by atoms with van der Waals surface area (Å²) in [6, 6.07) is 8.57. The summed E-state index contributed by atoms with van der Waals surface area (Å²) in [6.45, 7) is 10.2. The number of guanidine groups is 1. The van der Waals surface area contributed by atoms with Crippen molar-refractivity contribution in [3.05, 3.63) is 35.4 Å². The van der Waals surface area contributed by atoms with Crippen molar-refractivity contribution in [3.8, 4) is 0 Å². The van der Waals surface area contributed by atoms with Crippen LogP contribution in [-0.4, -0.2) is 53.4 Å². The molecule has 1 aliphatic rings. The van der Waals surface area contributed by atoms with Crippen LogP contribution in [-0.2, 0) is 13.1 Å². The summed E-state index contributed by atoms with van der Waals surface area (Å²) in [6.07, 6.45) is 0. The van der Waals surface area contributed by atoms with E-state index >= 15 is 0 Å². The fourth-order valence-electron chi connectivity index (χ4n) is 2.61. The van der Waals surface area contributed by atoms with Crippen LogP contribution in [0.1, 0.15) is 25.0 Å². The molecule has 1 aromatic carbocycles. The Morgan fingerprint density at radius 2 is 1.82 bits per heavy atom. The average molecular weight is 321 g/mol. The first-order chi connectivity index (χ1) is 10.7. The second kappa shape index (κ2) is 9.06. The van der Waals surface area contributed by atoms with Crippen molar-refractivity contribution in [2.24, 2.45) is 10.7 Å². The van der Waals surface area contributed by atoms with Crippen molar-refractivity contribution in [3.63, 3.8) is 0 Å². The van der Waals surface area contributed by atoms with E-state index < -0.39 is 0 Å². The van der Waals surface area contributed by atoms with E-state index in [9.17, 15) is 0 Å². The number of rotatable bonds is 6. The van der Waals surface area contributed by atoms with Crippen LogP contribution in [0.3, 0.4) is 0 Å². The van der Waals surface area contributed by atoms with Crippen molar-refractivity contribution in [2.75, 3.05) is 37.7 Å². The van der Waals surface area contributed by atoms with Crippen LogP contribution in [0.15, 0.2) is 29.3 Å². The maximum Gasteiger partial charge on any atom is 0.191 e. The minimum absolute atomic E-state index is 0.674. The second-order valence-electron chi connectivity index (χ2n) is 5.50. The van der Waals surface area contributed by atoms with Gasteiger partial charge in [-0.25, -0.2) is 4.99 Å². The SMILES string of the molecule is CCN(CC)Cc1ccccc1CN=C(N)N1CCSCC1. The van der Waals surface area contributed by atoms with E-state index in [2.05, 4.69) is 52.9 Å². The molecule has 22 heavy (non-hydrogen) atoms. The molecule has 1 aromatic rings. The van der Waals surface area contributed by atoms with Crippen LogP contribution < -0.4 is 5.73 Å². The predicted octanol–water partition coefficient (Wildman–Crippen LogP) is 2.39. The zero-order chi connectivity index (χ0) is 15.8. The third-order valence-corrected chi connectivity index (χ3v) is 5.10. The highest BCUT2D eigenvalue weighted by molar-refractivity contribution is 7.99. The topological polar surface area (TPSA) is 44.9 Å². The molecule has 0 aliphatic carbocycles. The van der Waals surface area contributed by atoms with E-state index in [-0.39, 0.29) is 0 Å². The monoisotopic (exact) mass is 320 g/mol. The Balaban J connectivity index is 2.02. The van der Waals surface area contributed by atoms with Crippen molar-refractivity contribution < 1.29 is 0 Å². The molecule has 0 unspecified atom stereocenters. The summed E-state index contributed by atoms with van der Waals surface area (Å²) < 4.78 is 0.